The number of nitrogens with one attached hydrogen (secondary N) is 1. The summed E-state index contributed by atoms with van der Waals surface area (Å²) in [6.45, 7) is 0. The van der Waals surface area contributed by atoms with Crippen LogP contribution in [0.15, 0.2) is 78.9 Å². The zero-order valence-electron chi connectivity index (χ0n) is 14.1. The molecule has 1 aromatic heterocycles. The van der Waals surface area contributed by atoms with Crippen LogP contribution in [0.2, 0.25) is 0 Å². The molecule has 2 aromatic carbocycles. The second kappa shape index (κ2) is 6.43. The van der Waals surface area contributed by atoms with Crippen LogP contribution >= 0.6 is 0 Å². The Hall–Kier alpha value is -3.91. The van der Waals surface area contributed by atoms with Crippen molar-refractivity contribution in [3.05, 3.63) is 99.9 Å². The fraction of sp³-hybridized carbons (Fsp3) is 0. The topological polar surface area (TPSA) is 98.6 Å². The van der Waals surface area contributed by atoms with E-state index in [1.165, 1.54) is 11.1 Å². The highest BCUT2D eigenvalue weighted by Gasteiger charge is 2.36. The van der Waals surface area contributed by atoms with Gasteiger partial charge in [0, 0.05) is 29.2 Å². The highest BCUT2D eigenvalue weighted by Crippen LogP contribution is 2.39. The van der Waals surface area contributed by atoms with E-state index in [4.69, 9.17) is 5.41 Å². The van der Waals surface area contributed by atoms with Gasteiger partial charge in [-0.05, 0) is 41.3 Å². The largest absolute Gasteiger partial charge is 0.374 e. The van der Waals surface area contributed by atoms with Crippen LogP contribution in [0.1, 0.15) is 5.56 Å². The third-order valence-corrected chi connectivity index (χ3v) is 4.25. The summed E-state index contributed by atoms with van der Waals surface area (Å²) < 4.78 is 1.78. The van der Waals surface area contributed by atoms with E-state index in [-0.39, 0.29) is 0 Å². The number of rotatable bonds is 3. The number of hydrogen-bond donors (Lipinski definition) is 2. The monoisotopic (exact) mass is 361 g/mol. The fourth-order valence-corrected chi connectivity index (χ4v) is 3.02. The van der Waals surface area contributed by atoms with Crippen molar-refractivity contribution in [3.63, 3.8) is 0 Å². The summed E-state index contributed by atoms with van der Waals surface area (Å²) in [6, 6.07) is 17.6. The van der Waals surface area contributed by atoms with Gasteiger partial charge >= 0.3 is 5.82 Å². The first-order valence-corrected chi connectivity index (χ1v) is 8.13. The first kappa shape index (κ1) is 16.6. The quantitative estimate of drug-likeness (QED) is 0.551. The van der Waals surface area contributed by atoms with Gasteiger partial charge in [0.25, 0.3) is 0 Å². The number of hydrazine groups is 1. The standard InChI is InChI=1S/C19H15N5O3/c20-14-9-11-21(12-10-14)17-7-4-8-18-16(17)13-19(24(26)27)23(25)22(18)15-5-2-1-3-6-15/h1-13,20,25H. The average Bonchev–Trinajstić information content (AvgIpc) is 2.68. The number of pyridine rings is 1. The lowest BCUT2D eigenvalue weighted by molar-refractivity contribution is -0.463. The maximum absolute atomic E-state index is 11.5. The average molecular weight is 361 g/mol. The number of aromatic nitrogens is 1. The van der Waals surface area contributed by atoms with Gasteiger partial charge < -0.3 is 20.1 Å². The number of anilines is 2. The molecule has 0 amide bonds. The molecule has 0 aliphatic carbocycles. The molecule has 0 unspecified atom stereocenters. The number of fused-ring (bicyclic) bond motifs is 1. The van der Waals surface area contributed by atoms with Crippen LogP contribution in [-0.4, -0.2) is 19.9 Å². The van der Waals surface area contributed by atoms with Gasteiger partial charge in [0.15, 0.2) is 0 Å². The summed E-state index contributed by atoms with van der Waals surface area (Å²) in [7, 11) is 0. The number of hydroxylamine groups is 1. The second-order valence-corrected chi connectivity index (χ2v) is 5.90. The van der Waals surface area contributed by atoms with Crippen LogP contribution < -0.4 is 10.4 Å². The minimum absolute atomic E-state index is 0.366. The summed E-state index contributed by atoms with van der Waals surface area (Å²) in [5.74, 6) is -0.462. The predicted octanol–water partition coefficient (Wildman–Crippen LogP) is 3.29. The molecular weight excluding hydrogens is 346 g/mol. The van der Waals surface area contributed by atoms with Crippen molar-refractivity contribution in [2.75, 3.05) is 5.01 Å². The smallest absolute Gasteiger partial charge is 0.358 e. The van der Waals surface area contributed by atoms with Gasteiger partial charge in [-0.25, -0.2) is 0 Å². The maximum Gasteiger partial charge on any atom is 0.374 e. The maximum atomic E-state index is 11.5. The first-order chi connectivity index (χ1) is 13.1. The molecule has 0 atom stereocenters. The highest BCUT2D eigenvalue weighted by molar-refractivity contribution is 5.81. The molecule has 0 bridgehead atoms. The van der Waals surface area contributed by atoms with E-state index in [1.54, 1.807) is 59.4 Å². The third kappa shape index (κ3) is 2.83. The van der Waals surface area contributed by atoms with Crippen LogP contribution in [0.5, 0.6) is 0 Å². The van der Waals surface area contributed by atoms with Gasteiger partial charge in [-0.1, -0.05) is 24.3 Å². The lowest BCUT2D eigenvalue weighted by atomic mass is 10.1. The van der Waals surface area contributed by atoms with Crippen molar-refractivity contribution in [1.29, 1.82) is 5.41 Å². The lowest BCUT2D eigenvalue weighted by Gasteiger charge is -2.31. The minimum atomic E-state index is -0.632. The molecule has 134 valence electrons. The Labute approximate surface area is 154 Å². The SMILES string of the molecule is N=c1ccn(-c2cccc3c2C=C([N+](=O)[O-])N(O)N3c2ccccc2)cc1. The van der Waals surface area contributed by atoms with Crippen molar-refractivity contribution in [2.45, 2.75) is 0 Å². The Morgan fingerprint density at radius 3 is 2.26 bits per heavy atom. The van der Waals surface area contributed by atoms with Crippen LogP contribution in [0, 0.1) is 15.5 Å². The molecule has 27 heavy (non-hydrogen) atoms. The van der Waals surface area contributed by atoms with Crippen molar-refractivity contribution in [3.8, 4) is 5.69 Å². The Kier molecular flexibility index (Phi) is 3.94. The van der Waals surface area contributed by atoms with E-state index >= 15 is 0 Å². The minimum Gasteiger partial charge on any atom is -0.358 e. The number of nitro groups is 1. The summed E-state index contributed by atoms with van der Waals surface area (Å²) in [5.41, 5.74) is 2.45. The summed E-state index contributed by atoms with van der Waals surface area (Å²) >= 11 is 0. The Bertz CT molecular complexity index is 1090. The molecule has 0 saturated heterocycles. The molecule has 1 aliphatic rings. The predicted molar refractivity (Wildman–Crippen MR) is 98.8 cm³/mol. The van der Waals surface area contributed by atoms with Gasteiger partial charge in [-0.15, -0.1) is 0 Å². The Morgan fingerprint density at radius 1 is 0.926 bits per heavy atom. The molecule has 2 N–H and O–H groups in total. The molecule has 2 heterocycles. The van der Waals surface area contributed by atoms with Crippen molar-refractivity contribution >= 4 is 17.5 Å². The third-order valence-electron chi connectivity index (χ3n) is 4.25. The van der Waals surface area contributed by atoms with E-state index in [0.717, 1.165) is 0 Å². The molecule has 8 heteroatoms. The van der Waals surface area contributed by atoms with E-state index in [2.05, 4.69) is 0 Å². The molecule has 3 aromatic rings. The van der Waals surface area contributed by atoms with Gasteiger partial charge in [-0.2, -0.15) is 10.2 Å². The first-order valence-electron chi connectivity index (χ1n) is 8.13. The normalized spacial score (nSPS) is 13.1. The van der Waals surface area contributed by atoms with Gasteiger partial charge in [-0.3, -0.25) is 0 Å². The van der Waals surface area contributed by atoms with Crippen LogP contribution in [0.3, 0.4) is 0 Å². The number of nitrogens with zero attached hydrogens (tertiary/aromatic N) is 4. The van der Waals surface area contributed by atoms with Crippen molar-refractivity contribution in [1.82, 2.24) is 9.74 Å². The van der Waals surface area contributed by atoms with Gasteiger partial charge in [0.05, 0.1) is 22.4 Å². The zero-order chi connectivity index (χ0) is 19.0. The van der Waals surface area contributed by atoms with Crippen LogP contribution in [-0.2, 0) is 0 Å². The fourth-order valence-electron chi connectivity index (χ4n) is 3.02. The molecule has 1 aliphatic heterocycles. The number of para-hydroxylation sites is 1. The molecule has 8 nitrogen and oxygen atoms in total. The van der Waals surface area contributed by atoms with Gasteiger partial charge in [0.1, 0.15) is 0 Å². The summed E-state index contributed by atoms with van der Waals surface area (Å²) in [6.07, 6.45) is 4.78. The lowest BCUT2D eigenvalue weighted by Crippen LogP contribution is -2.41. The van der Waals surface area contributed by atoms with Gasteiger partial charge in [0.2, 0.25) is 0 Å². The number of hydrogen-bond acceptors (Lipinski definition) is 6. The molecule has 0 spiro atoms. The van der Waals surface area contributed by atoms with E-state index in [0.29, 0.717) is 33.2 Å². The number of benzene rings is 2. The Balaban J connectivity index is 1.98. The van der Waals surface area contributed by atoms with E-state index in [9.17, 15) is 15.3 Å². The molecule has 0 fully saturated rings. The van der Waals surface area contributed by atoms with Crippen molar-refractivity contribution in [2.24, 2.45) is 0 Å². The second-order valence-electron chi connectivity index (χ2n) is 5.90. The summed E-state index contributed by atoms with van der Waals surface area (Å²) in [4.78, 5) is 10.9. The van der Waals surface area contributed by atoms with E-state index in [1.807, 2.05) is 18.2 Å². The molecule has 4 rings (SSSR count). The van der Waals surface area contributed by atoms with Crippen LogP contribution in [0.4, 0.5) is 11.4 Å². The molecule has 0 saturated carbocycles. The van der Waals surface area contributed by atoms with Crippen molar-refractivity contribution < 1.29 is 10.1 Å². The highest BCUT2D eigenvalue weighted by atomic mass is 16.7. The molecule has 0 radical (unpaired) electrons. The van der Waals surface area contributed by atoms with Crippen LogP contribution in [0.25, 0.3) is 11.8 Å². The zero-order valence-corrected chi connectivity index (χ0v) is 14.1. The summed E-state index contributed by atoms with van der Waals surface area (Å²) in [5, 5.41) is 32.0. The van der Waals surface area contributed by atoms with E-state index < -0.39 is 10.7 Å². The molecular formula is C19H15N5O3. The Morgan fingerprint density at radius 2 is 1.59 bits per heavy atom.